The third-order valence-electron chi connectivity index (χ3n) is 2.40. The zero-order valence-electron chi connectivity index (χ0n) is 10.4. The zero-order valence-corrected chi connectivity index (χ0v) is 10.4. The smallest absolute Gasteiger partial charge is 0.333 e. The Bertz CT molecular complexity index is 373. The second-order valence-corrected chi connectivity index (χ2v) is 3.99. The van der Waals surface area contributed by atoms with Crippen molar-refractivity contribution in [3.05, 3.63) is 42.5 Å². The lowest BCUT2D eigenvalue weighted by molar-refractivity contribution is -0.139. The van der Waals surface area contributed by atoms with Crippen molar-refractivity contribution < 1.29 is 9.53 Å². The highest BCUT2D eigenvalue weighted by atomic mass is 16.5. The van der Waals surface area contributed by atoms with Crippen molar-refractivity contribution in [3.63, 3.8) is 0 Å². The fourth-order valence-electron chi connectivity index (χ4n) is 1.33. The molecule has 0 fully saturated rings. The minimum atomic E-state index is -0.335. The van der Waals surface area contributed by atoms with E-state index in [2.05, 4.69) is 18.8 Å². The first-order valence-electron chi connectivity index (χ1n) is 5.77. The SMILES string of the molecule is C=C(C)C(=O)OCC(CC)Nc1ccccc1. The van der Waals surface area contributed by atoms with E-state index in [1.54, 1.807) is 6.92 Å². The Morgan fingerprint density at radius 2 is 2.06 bits per heavy atom. The predicted octanol–water partition coefficient (Wildman–Crippen LogP) is 3.00. The fraction of sp³-hybridized carbons (Fsp3) is 0.357. The lowest BCUT2D eigenvalue weighted by Crippen LogP contribution is -2.26. The van der Waals surface area contributed by atoms with Crippen LogP contribution in [0.1, 0.15) is 20.3 Å². The summed E-state index contributed by atoms with van der Waals surface area (Å²) in [6.07, 6.45) is 0.887. The first-order valence-corrected chi connectivity index (χ1v) is 5.77. The molecule has 0 saturated carbocycles. The molecule has 1 aromatic carbocycles. The van der Waals surface area contributed by atoms with Gasteiger partial charge in [-0.05, 0) is 25.5 Å². The molecule has 1 aromatic rings. The number of hydrogen-bond donors (Lipinski definition) is 1. The minimum absolute atomic E-state index is 0.126. The van der Waals surface area contributed by atoms with Crippen LogP contribution >= 0.6 is 0 Å². The molecule has 0 saturated heterocycles. The Labute approximate surface area is 102 Å². The van der Waals surface area contributed by atoms with Gasteiger partial charge in [0, 0.05) is 11.3 Å². The van der Waals surface area contributed by atoms with E-state index in [0.717, 1.165) is 12.1 Å². The summed E-state index contributed by atoms with van der Waals surface area (Å²) in [4.78, 5) is 11.3. The van der Waals surface area contributed by atoms with Gasteiger partial charge in [-0.15, -0.1) is 0 Å². The molecule has 0 bridgehead atoms. The molecule has 0 aromatic heterocycles. The van der Waals surface area contributed by atoms with Gasteiger partial charge in [0.2, 0.25) is 0 Å². The highest BCUT2D eigenvalue weighted by Gasteiger charge is 2.10. The maximum absolute atomic E-state index is 11.3. The topological polar surface area (TPSA) is 38.3 Å². The van der Waals surface area contributed by atoms with Crippen LogP contribution in [0.2, 0.25) is 0 Å². The highest BCUT2D eigenvalue weighted by Crippen LogP contribution is 2.09. The van der Waals surface area contributed by atoms with Crippen molar-refractivity contribution in [3.8, 4) is 0 Å². The maximum atomic E-state index is 11.3. The van der Waals surface area contributed by atoms with Crippen molar-refractivity contribution in [1.82, 2.24) is 0 Å². The summed E-state index contributed by atoms with van der Waals surface area (Å²) in [6.45, 7) is 7.60. The number of para-hydroxylation sites is 1. The van der Waals surface area contributed by atoms with Crippen LogP contribution in [-0.4, -0.2) is 18.6 Å². The summed E-state index contributed by atoms with van der Waals surface area (Å²) < 4.78 is 5.13. The van der Waals surface area contributed by atoms with E-state index < -0.39 is 0 Å². The van der Waals surface area contributed by atoms with E-state index >= 15 is 0 Å². The van der Waals surface area contributed by atoms with Crippen molar-refractivity contribution in [2.45, 2.75) is 26.3 Å². The van der Waals surface area contributed by atoms with Crippen molar-refractivity contribution in [1.29, 1.82) is 0 Å². The largest absolute Gasteiger partial charge is 0.460 e. The minimum Gasteiger partial charge on any atom is -0.460 e. The number of carbonyl (C=O) groups is 1. The van der Waals surface area contributed by atoms with Crippen LogP contribution in [0.25, 0.3) is 0 Å². The molecule has 0 aliphatic heterocycles. The molecule has 17 heavy (non-hydrogen) atoms. The van der Waals surface area contributed by atoms with Crippen LogP contribution in [0.15, 0.2) is 42.5 Å². The Kier molecular flexibility index (Phi) is 5.27. The fourth-order valence-corrected chi connectivity index (χ4v) is 1.33. The molecule has 0 amide bonds. The second kappa shape index (κ2) is 6.74. The molecule has 1 unspecified atom stereocenters. The van der Waals surface area contributed by atoms with Gasteiger partial charge in [0.05, 0.1) is 6.04 Å². The summed E-state index contributed by atoms with van der Waals surface area (Å²) in [5, 5.41) is 3.32. The number of nitrogens with one attached hydrogen (secondary N) is 1. The summed E-state index contributed by atoms with van der Waals surface area (Å²) >= 11 is 0. The number of carbonyl (C=O) groups excluding carboxylic acids is 1. The van der Waals surface area contributed by atoms with E-state index in [-0.39, 0.29) is 12.0 Å². The average Bonchev–Trinajstić information content (AvgIpc) is 2.35. The number of esters is 1. The van der Waals surface area contributed by atoms with Crippen molar-refractivity contribution >= 4 is 11.7 Å². The monoisotopic (exact) mass is 233 g/mol. The summed E-state index contributed by atoms with van der Waals surface area (Å²) in [5.74, 6) is -0.335. The quantitative estimate of drug-likeness (QED) is 0.606. The third kappa shape index (κ3) is 4.72. The molecular formula is C14H19NO2. The van der Waals surface area contributed by atoms with Crippen LogP contribution in [0.4, 0.5) is 5.69 Å². The number of rotatable bonds is 6. The van der Waals surface area contributed by atoms with Crippen LogP contribution in [0.5, 0.6) is 0 Å². The lowest BCUT2D eigenvalue weighted by Gasteiger charge is -2.18. The Morgan fingerprint density at radius 3 is 2.59 bits per heavy atom. The van der Waals surface area contributed by atoms with E-state index in [1.165, 1.54) is 0 Å². The van der Waals surface area contributed by atoms with Gasteiger partial charge < -0.3 is 10.1 Å². The average molecular weight is 233 g/mol. The van der Waals surface area contributed by atoms with E-state index in [9.17, 15) is 4.79 Å². The molecule has 3 heteroatoms. The van der Waals surface area contributed by atoms with Gasteiger partial charge >= 0.3 is 5.97 Å². The zero-order chi connectivity index (χ0) is 12.7. The molecule has 1 N–H and O–H groups in total. The van der Waals surface area contributed by atoms with Gasteiger partial charge in [-0.2, -0.15) is 0 Å². The summed E-state index contributed by atoms with van der Waals surface area (Å²) in [7, 11) is 0. The molecule has 0 radical (unpaired) electrons. The Morgan fingerprint density at radius 1 is 1.41 bits per heavy atom. The number of ether oxygens (including phenoxy) is 1. The van der Waals surface area contributed by atoms with E-state index in [1.807, 2.05) is 30.3 Å². The van der Waals surface area contributed by atoms with Crippen LogP contribution in [0.3, 0.4) is 0 Å². The normalized spacial score (nSPS) is 11.6. The van der Waals surface area contributed by atoms with E-state index in [0.29, 0.717) is 12.2 Å². The van der Waals surface area contributed by atoms with Gasteiger partial charge in [-0.1, -0.05) is 31.7 Å². The van der Waals surface area contributed by atoms with Crippen LogP contribution < -0.4 is 5.32 Å². The standard InChI is InChI=1S/C14H19NO2/c1-4-12(10-17-14(16)11(2)3)15-13-8-6-5-7-9-13/h5-9,12,15H,2,4,10H2,1,3H3. The molecule has 0 heterocycles. The number of anilines is 1. The number of benzene rings is 1. The first-order chi connectivity index (χ1) is 8.13. The summed E-state index contributed by atoms with van der Waals surface area (Å²) in [5.41, 5.74) is 1.46. The van der Waals surface area contributed by atoms with Crippen LogP contribution in [-0.2, 0) is 9.53 Å². The van der Waals surface area contributed by atoms with Crippen molar-refractivity contribution in [2.24, 2.45) is 0 Å². The number of hydrogen-bond acceptors (Lipinski definition) is 3. The second-order valence-electron chi connectivity index (χ2n) is 3.99. The lowest BCUT2D eigenvalue weighted by atomic mass is 10.2. The molecule has 1 rings (SSSR count). The van der Waals surface area contributed by atoms with Gasteiger partial charge in [0.25, 0.3) is 0 Å². The predicted molar refractivity (Wildman–Crippen MR) is 69.9 cm³/mol. The van der Waals surface area contributed by atoms with Gasteiger partial charge in [0.15, 0.2) is 0 Å². The third-order valence-corrected chi connectivity index (χ3v) is 2.40. The van der Waals surface area contributed by atoms with Gasteiger partial charge in [-0.25, -0.2) is 4.79 Å². The van der Waals surface area contributed by atoms with Crippen molar-refractivity contribution in [2.75, 3.05) is 11.9 Å². The Balaban J connectivity index is 2.44. The molecule has 92 valence electrons. The molecular weight excluding hydrogens is 214 g/mol. The van der Waals surface area contributed by atoms with Gasteiger partial charge in [-0.3, -0.25) is 0 Å². The maximum Gasteiger partial charge on any atom is 0.333 e. The first kappa shape index (κ1) is 13.3. The van der Waals surface area contributed by atoms with Crippen LogP contribution in [0, 0.1) is 0 Å². The van der Waals surface area contributed by atoms with Gasteiger partial charge in [0.1, 0.15) is 6.61 Å². The molecule has 0 aliphatic carbocycles. The highest BCUT2D eigenvalue weighted by molar-refractivity contribution is 5.86. The Hall–Kier alpha value is -1.77. The molecule has 0 spiro atoms. The molecule has 0 aliphatic rings. The molecule has 3 nitrogen and oxygen atoms in total. The molecule has 1 atom stereocenters. The summed E-state index contributed by atoms with van der Waals surface area (Å²) in [6, 6.07) is 10.0. The van der Waals surface area contributed by atoms with E-state index in [4.69, 9.17) is 4.74 Å².